The summed E-state index contributed by atoms with van der Waals surface area (Å²) in [4.78, 5) is 2.56. The Kier molecular flexibility index (Phi) is 8.16. The second-order valence-electron chi connectivity index (χ2n) is 5.53. The van der Waals surface area contributed by atoms with Gasteiger partial charge in [-0.25, -0.2) is 0 Å². The molecule has 0 heterocycles. The lowest BCUT2D eigenvalue weighted by Crippen LogP contribution is -2.63. The average Bonchev–Trinajstić information content (AvgIpc) is 2.52. The molecule has 0 radical (unpaired) electrons. The Hall–Kier alpha value is -0.170. The lowest BCUT2D eigenvalue weighted by molar-refractivity contribution is 0.0492. The first kappa shape index (κ1) is 18.9. The first-order valence-corrected chi connectivity index (χ1v) is 9.11. The highest BCUT2D eigenvalue weighted by atomic mass is 127. The normalized spacial score (nSPS) is 13.7. The first-order chi connectivity index (χ1) is 10.1. The van der Waals surface area contributed by atoms with Crippen LogP contribution in [0.3, 0.4) is 0 Å². The molecule has 1 rings (SSSR count). The molecule has 1 atom stereocenters. The predicted molar refractivity (Wildman–Crippen MR) is 100 cm³/mol. The molecule has 21 heavy (non-hydrogen) atoms. The van der Waals surface area contributed by atoms with E-state index >= 15 is 0 Å². The second-order valence-corrected chi connectivity index (χ2v) is 6.78. The molecule has 3 nitrogen and oxygen atoms in total. The molecule has 0 aromatic heterocycles. The van der Waals surface area contributed by atoms with Gasteiger partial charge in [-0.05, 0) is 72.6 Å². The molecule has 0 spiro atoms. The zero-order chi connectivity index (χ0) is 15.9. The molecule has 0 saturated heterocycles. The highest BCUT2D eigenvalue weighted by Gasteiger charge is 2.39. The number of hydrazine groups is 1. The van der Waals surface area contributed by atoms with Crippen LogP contribution >= 0.6 is 22.6 Å². The third kappa shape index (κ3) is 4.41. The van der Waals surface area contributed by atoms with Gasteiger partial charge < -0.3 is 0 Å². The van der Waals surface area contributed by atoms with E-state index in [0.717, 1.165) is 32.4 Å². The van der Waals surface area contributed by atoms with Crippen LogP contribution in [0.2, 0.25) is 0 Å². The van der Waals surface area contributed by atoms with Crippen LogP contribution in [0.5, 0.6) is 0 Å². The number of nitrogens with one attached hydrogen (secondary N) is 1. The topological polar surface area (TPSA) is 41.3 Å². The van der Waals surface area contributed by atoms with Gasteiger partial charge in [-0.2, -0.15) is 0 Å². The zero-order valence-corrected chi connectivity index (χ0v) is 16.0. The Morgan fingerprint density at radius 3 is 2.00 bits per heavy atom. The van der Waals surface area contributed by atoms with Crippen molar-refractivity contribution in [1.82, 2.24) is 10.3 Å². The Morgan fingerprint density at radius 1 is 1.10 bits per heavy atom. The van der Waals surface area contributed by atoms with Crippen molar-refractivity contribution in [3.05, 3.63) is 33.4 Å². The molecule has 4 heteroatoms. The first-order valence-electron chi connectivity index (χ1n) is 8.03. The smallest absolute Gasteiger partial charge is 0.0434 e. The fraction of sp³-hybridized carbons (Fsp3) is 0.647. The van der Waals surface area contributed by atoms with Gasteiger partial charge >= 0.3 is 0 Å². The van der Waals surface area contributed by atoms with Gasteiger partial charge in [-0.3, -0.25) is 16.2 Å². The van der Waals surface area contributed by atoms with Crippen molar-refractivity contribution >= 4 is 22.6 Å². The molecule has 0 aliphatic carbocycles. The zero-order valence-electron chi connectivity index (χ0n) is 13.8. The largest absolute Gasteiger partial charge is 0.297 e. The summed E-state index contributed by atoms with van der Waals surface area (Å²) in [6, 6.07) is 9.02. The molecule has 120 valence electrons. The molecular weight excluding hydrogens is 373 g/mol. The summed E-state index contributed by atoms with van der Waals surface area (Å²) in [6.45, 7) is 11.1. The lowest BCUT2D eigenvalue weighted by atomic mass is 9.80. The Labute approximate surface area is 143 Å². The fourth-order valence-electron chi connectivity index (χ4n) is 3.52. The number of rotatable bonds is 9. The number of nitrogens with zero attached hydrogens (tertiary/aromatic N) is 1. The van der Waals surface area contributed by atoms with Gasteiger partial charge in [0, 0.05) is 15.2 Å². The van der Waals surface area contributed by atoms with Crippen LogP contribution in [0.4, 0.5) is 0 Å². The van der Waals surface area contributed by atoms with Crippen molar-refractivity contribution in [2.24, 2.45) is 5.84 Å². The molecule has 0 bridgehead atoms. The van der Waals surface area contributed by atoms with Crippen molar-refractivity contribution in [2.45, 2.75) is 58.5 Å². The maximum absolute atomic E-state index is 5.96. The van der Waals surface area contributed by atoms with Crippen LogP contribution in [0.25, 0.3) is 0 Å². The molecule has 0 amide bonds. The van der Waals surface area contributed by atoms with Crippen molar-refractivity contribution in [3.63, 3.8) is 0 Å². The molecule has 1 aromatic rings. The maximum atomic E-state index is 5.96. The van der Waals surface area contributed by atoms with Crippen molar-refractivity contribution in [1.29, 1.82) is 0 Å². The van der Waals surface area contributed by atoms with Crippen molar-refractivity contribution in [3.8, 4) is 0 Å². The van der Waals surface area contributed by atoms with E-state index < -0.39 is 0 Å². The third-order valence-electron chi connectivity index (χ3n) is 4.82. The van der Waals surface area contributed by atoms with E-state index in [1.807, 2.05) is 0 Å². The van der Waals surface area contributed by atoms with Gasteiger partial charge in [0.15, 0.2) is 0 Å². The minimum Gasteiger partial charge on any atom is -0.297 e. The quantitative estimate of drug-likeness (QED) is 0.376. The summed E-state index contributed by atoms with van der Waals surface area (Å²) >= 11 is 2.34. The summed E-state index contributed by atoms with van der Waals surface area (Å²) in [5, 5.41) is 0. The summed E-state index contributed by atoms with van der Waals surface area (Å²) in [7, 11) is 0. The van der Waals surface area contributed by atoms with E-state index in [4.69, 9.17) is 5.84 Å². The van der Waals surface area contributed by atoms with Gasteiger partial charge in [0.05, 0.1) is 0 Å². The molecule has 0 saturated carbocycles. The van der Waals surface area contributed by atoms with Crippen LogP contribution in [-0.4, -0.2) is 29.6 Å². The molecular formula is C17H30IN3. The lowest BCUT2D eigenvalue weighted by Gasteiger charge is -2.48. The standard InChI is InChI=1S/C17H30IN3/c1-5-17(6-2,21(7-3)8-4)16(20-19)13-14-9-11-15(18)12-10-14/h9-12,16,20H,5-8,13,19H2,1-4H3. The molecule has 0 aliphatic heterocycles. The van der Waals surface area contributed by atoms with E-state index in [0.29, 0.717) is 0 Å². The molecule has 1 aromatic carbocycles. The summed E-state index contributed by atoms with van der Waals surface area (Å²) < 4.78 is 1.27. The molecule has 0 aliphatic rings. The maximum Gasteiger partial charge on any atom is 0.0434 e. The number of likely N-dealkylation sites (N-methyl/N-ethyl adjacent to an activating group) is 1. The van der Waals surface area contributed by atoms with Crippen molar-refractivity contribution in [2.75, 3.05) is 13.1 Å². The van der Waals surface area contributed by atoms with E-state index in [-0.39, 0.29) is 11.6 Å². The SMILES string of the molecule is CCN(CC)C(CC)(CC)C(Cc1ccc(I)cc1)NN. The minimum absolute atomic E-state index is 0.112. The summed E-state index contributed by atoms with van der Waals surface area (Å²) in [6.07, 6.45) is 3.17. The number of nitrogens with two attached hydrogens (primary N) is 1. The summed E-state index contributed by atoms with van der Waals surface area (Å²) in [5.74, 6) is 5.96. The number of hydrogen-bond acceptors (Lipinski definition) is 3. The van der Waals surface area contributed by atoms with Crippen molar-refractivity contribution < 1.29 is 0 Å². The number of benzene rings is 1. The van der Waals surface area contributed by atoms with Crippen LogP contribution < -0.4 is 11.3 Å². The minimum atomic E-state index is 0.112. The van der Waals surface area contributed by atoms with E-state index in [1.165, 1.54) is 9.13 Å². The van der Waals surface area contributed by atoms with Gasteiger partial charge in [-0.1, -0.05) is 39.8 Å². The van der Waals surface area contributed by atoms with Crippen LogP contribution in [0, 0.1) is 3.57 Å². The van der Waals surface area contributed by atoms with E-state index in [1.54, 1.807) is 0 Å². The van der Waals surface area contributed by atoms with Gasteiger partial charge in [0.25, 0.3) is 0 Å². The summed E-state index contributed by atoms with van der Waals surface area (Å²) in [5.41, 5.74) is 4.57. The highest BCUT2D eigenvalue weighted by molar-refractivity contribution is 14.1. The average molecular weight is 403 g/mol. The van der Waals surface area contributed by atoms with Gasteiger partial charge in [0.2, 0.25) is 0 Å². The predicted octanol–water partition coefficient (Wildman–Crippen LogP) is 3.57. The van der Waals surface area contributed by atoms with Gasteiger partial charge in [0.1, 0.15) is 0 Å². The van der Waals surface area contributed by atoms with Crippen LogP contribution in [0.1, 0.15) is 46.1 Å². The molecule has 1 unspecified atom stereocenters. The van der Waals surface area contributed by atoms with Crippen LogP contribution in [-0.2, 0) is 6.42 Å². The van der Waals surface area contributed by atoms with E-state index in [2.05, 4.69) is 84.9 Å². The number of halogens is 1. The van der Waals surface area contributed by atoms with E-state index in [9.17, 15) is 0 Å². The second kappa shape index (κ2) is 9.08. The van der Waals surface area contributed by atoms with Crippen LogP contribution in [0.15, 0.2) is 24.3 Å². The fourth-order valence-corrected chi connectivity index (χ4v) is 3.88. The molecule has 3 N–H and O–H groups in total. The molecule has 0 fully saturated rings. The Morgan fingerprint density at radius 2 is 1.62 bits per heavy atom. The monoisotopic (exact) mass is 403 g/mol. The number of hydrogen-bond donors (Lipinski definition) is 2. The highest BCUT2D eigenvalue weighted by Crippen LogP contribution is 2.29. The Balaban J connectivity index is 3.04. The Bertz CT molecular complexity index is 397. The van der Waals surface area contributed by atoms with Gasteiger partial charge in [-0.15, -0.1) is 0 Å². The third-order valence-corrected chi connectivity index (χ3v) is 5.54.